The summed E-state index contributed by atoms with van der Waals surface area (Å²) < 4.78 is 10.5. The molecule has 1 fully saturated rings. The summed E-state index contributed by atoms with van der Waals surface area (Å²) in [6.07, 6.45) is 0. The molecule has 0 spiro atoms. The van der Waals surface area contributed by atoms with Gasteiger partial charge in [0.15, 0.2) is 0 Å². The number of rotatable bonds is 4. The third-order valence-electron chi connectivity index (χ3n) is 4.75. The van der Waals surface area contributed by atoms with Gasteiger partial charge in [0.05, 0.1) is 20.3 Å². The number of benzene rings is 2. The lowest BCUT2D eigenvalue weighted by Crippen LogP contribution is -2.49. The molecular formula is C20H24N2O3. The second-order valence-corrected chi connectivity index (χ2v) is 6.25. The third kappa shape index (κ3) is 3.77. The van der Waals surface area contributed by atoms with Crippen molar-refractivity contribution in [2.45, 2.75) is 6.04 Å². The van der Waals surface area contributed by atoms with Gasteiger partial charge in [-0.1, -0.05) is 12.1 Å². The van der Waals surface area contributed by atoms with E-state index in [2.05, 4.69) is 18.0 Å². The highest BCUT2D eigenvalue weighted by Gasteiger charge is 2.29. The van der Waals surface area contributed by atoms with Crippen molar-refractivity contribution in [2.24, 2.45) is 0 Å². The lowest BCUT2D eigenvalue weighted by molar-refractivity contribution is 0.0546. The fourth-order valence-electron chi connectivity index (χ4n) is 3.18. The predicted molar refractivity (Wildman–Crippen MR) is 97.3 cm³/mol. The molecule has 132 valence electrons. The maximum Gasteiger partial charge on any atom is 0.253 e. The Hall–Kier alpha value is -2.53. The Balaban J connectivity index is 1.78. The van der Waals surface area contributed by atoms with E-state index in [0.717, 1.165) is 30.2 Å². The number of piperazine rings is 1. The van der Waals surface area contributed by atoms with Crippen LogP contribution in [-0.2, 0) is 0 Å². The van der Waals surface area contributed by atoms with Gasteiger partial charge < -0.3 is 14.4 Å². The molecule has 1 aliphatic heterocycles. The minimum absolute atomic E-state index is 0.0589. The van der Waals surface area contributed by atoms with Crippen LogP contribution in [0.2, 0.25) is 0 Å². The van der Waals surface area contributed by atoms with Crippen LogP contribution in [0.15, 0.2) is 48.5 Å². The number of likely N-dealkylation sites (N-methyl/N-ethyl adjacent to an activating group) is 1. The molecule has 1 aliphatic rings. The second kappa shape index (κ2) is 7.57. The fraction of sp³-hybridized carbons (Fsp3) is 0.350. The molecule has 0 N–H and O–H groups in total. The molecule has 0 aromatic heterocycles. The quantitative estimate of drug-likeness (QED) is 0.858. The van der Waals surface area contributed by atoms with Gasteiger partial charge in [-0.3, -0.25) is 9.69 Å². The van der Waals surface area contributed by atoms with Gasteiger partial charge in [-0.15, -0.1) is 0 Å². The van der Waals surface area contributed by atoms with Gasteiger partial charge >= 0.3 is 0 Å². The summed E-state index contributed by atoms with van der Waals surface area (Å²) in [6, 6.07) is 15.5. The maximum atomic E-state index is 12.8. The summed E-state index contributed by atoms with van der Waals surface area (Å²) in [7, 11) is 5.39. The third-order valence-corrected chi connectivity index (χ3v) is 4.75. The van der Waals surface area contributed by atoms with Crippen molar-refractivity contribution < 1.29 is 14.3 Å². The van der Waals surface area contributed by atoms with Crippen molar-refractivity contribution in [3.63, 3.8) is 0 Å². The Morgan fingerprint density at radius 3 is 2.40 bits per heavy atom. The van der Waals surface area contributed by atoms with Crippen LogP contribution < -0.4 is 9.47 Å². The van der Waals surface area contributed by atoms with E-state index in [9.17, 15) is 4.79 Å². The molecule has 5 nitrogen and oxygen atoms in total. The van der Waals surface area contributed by atoms with Crippen LogP contribution in [-0.4, -0.2) is 56.6 Å². The van der Waals surface area contributed by atoms with E-state index in [1.807, 2.05) is 47.4 Å². The molecule has 5 heteroatoms. The lowest BCUT2D eigenvalue weighted by atomic mass is 10.0. The van der Waals surface area contributed by atoms with E-state index in [-0.39, 0.29) is 11.9 Å². The summed E-state index contributed by atoms with van der Waals surface area (Å²) in [4.78, 5) is 17.1. The minimum atomic E-state index is 0.0589. The van der Waals surface area contributed by atoms with Crippen LogP contribution in [0.5, 0.6) is 11.5 Å². The number of ether oxygens (including phenoxy) is 2. The molecule has 2 aromatic rings. The summed E-state index contributed by atoms with van der Waals surface area (Å²) in [5.41, 5.74) is 1.85. The average Bonchev–Trinajstić information content (AvgIpc) is 2.68. The summed E-state index contributed by atoms with van der Waals surface area (Å²) in [5.74, 6) is 1.65. The molecule has 1 unspecified atom stereocenters. The van der Waals surface area contributed by atoms with Crippen molar-refractivity contribution in [2.75, 3.05) is 40.9 Å². The molecule has 1 amide bonds. The van der Waals surface area contributed by atoms with Crippen molar-refractivity contribution >= 4 is 5.91 Å². The minimum Gasteiger partial charge on any atom is -0.497 e. The molecule has 0 saturated carbocycles. The molecule has 2 aromatic carbocycles. The molecule has 25 heavy (non-hydrogen) atoms. The van der Waals surface area contributed by atoms with Crippen LogP contribution in [0.3, 0.4) is 0 Å². The van der Waals surface area contributed by atoms with Crippen molar-refractivity contribution in [3.05, 3.63) is 59.7 Å². The van der Waals surface area contributed by atoms with E-state index in [0.29, 0.717) is 12.1 Å². The number of amides is 1. The van der Waals surface area contributed by atoms with Gasteiger partial charge in [0.2, 0.25) is 0 Å². The number of methoxy groups -OCH3 is 2. The zero-order valence-corrected chi connectivity index (χ0v) is 14.9. The molecule has 1 saturated heterocycles. The molecule has 0 radical (unpaired) electrons. The Morgan fingerprint density at radius 1 is 1.00 bits per heavy atom. The topological polar surface area (TPSA) is 42.0 Å². The zero-order valence-electron chi connectivity index (χ0n) is 14.9. The first kappa shape index (κ1) is 17.3. The molecule has 3 rings (SSSR count). The second-order valence-electron chi connectivity index (χ2n) is 6.25. The molecule has 1 heterocycles. The highest BCUT2D eigenvalue weighted by molar-refractivity contribution is 5.94. The molecule has 0 aliphatic carbocycles. The number of hydrogen-bond acceptors (Lipinski definition) is 4. The van der Waals surface area contributed by atoms with Crippen LogP contribution in [0.4, 0.5) is 0 Å². The molecular weight excluding hydrogens is 316 g/mol. The van der Waals surface area contributed by atoms with Gasteiger partial charge in [-0.25, -0.2) is 0 Å². The molecule has 0 bridgehead atoms. The smallest absolute Gasteiger partial charge is 0.253 e. The standard InChI is InChI=1S/C20H24N2O3/c1-21-11-12-22(20(23)15-7-9-17(24-2)10-8-15)14-19(21)16-5-4-6-18(13-16)25-3/h4-10,13,19H,11-12,14H2,1-3H3. The lowest BCUT2D eigenvalue weighted by Gasteiger charge is -2.39. The zero-order chi connectivity index (χ0) is 17.8. The number of hydrogen-bond donors (Lipinski definition) is 0. The van der Waals surface area contributed by atoms with Gasteiger partial charge in [0.1, 0.15) is 11.5 Å². The van der Waals surface area contributed by atoms with Gasteiger partial charge in [0, 0.05) is 25.2 Å². The number of nitrogens with zero attached hydrogens (tertiary/aromatic N) is 2. The van der Waals surface area contributed by atoms with Crippen molar-refractivity contribution in [1.82, 2.24) is 9.80 Å². The highest BCUT2D eigenvalue weighted by atomic mass is 16.5. The SMILES string of the molecule is COc1ccc(C(=O)N2CCN(C)C(c3cccc(OC)c3)C2)cc1. The number of carbonyl (C=O) groups excluding carboxylic acids is 1. The summed E-state index contributed by atoms with van der Waals surface area (Å²) >= 11 is 0. The first-order valence-corrected chi connectivity index (χ1v) is 8.40. The van der Waals surface area contributed by atoms with Crippen LogP contribution in [0, 0.1) is 0 Å². The van der Waals surface area contributed by atoms with E-state index in [4.69, 9.17) is 9.47 Å². The van der Waals surface area contributed by atoms with Crippen LogP contribution in [0.1, 0.15) is 22.0 Å². The monoisotopic (exact) mass is 340 g/mol. The van der Waals surface area contributed by atoms with E-state index >= 15 is 0 Å². The number of carbonyl (C=O) groups is 1. The van der Waals surface area contributed by atoms with Crippen molar-refractivity contribution in [3.8, 4) is 11.5 Å². The van der Waals surface area contributed by atoms with E-state index in [1.165, 1.54) is 0 Å². The van der Waals surface area contributed by atoms with Gasteiger partial charge in [-0.2, -0.15) is 0 Å². The van der Waals surface area contributed by atoms with Crippen LogP contribution >= 0.6 is 0 Å². The Bertz CT molecular complexity index is 730. The Kier molecular flexibility index (Phi) is 5.24. The van der Waals surface area contributed by atoms with E-state index in [1.54, 1.807) is 14.2 Å². The largest absolute Gasteiger partial charge is 0.497 e. The first-order chi connectivity index (χ1) is 12.1. The van der Waals surface area contributed by atoms with Gasteiger partial charge in [-0.05, 0) is 49.0 Å². The van der Waals surface area contributed by atoms with Crippen molar-refractivity contribution in [1.29, 1.82) is 0 Å². The van der Waals surface area contributed by atoms with Crippen LogP contribution in [0.25, 0.3) is 0 Å². The first-order valence-electron chi connectivity index (χ1n) is 8.40. The maximum absolute atomic E-state index is 12.8. The molecule has 1 atom stereocenters. The van der Waals surface area contributed by atoms with Gasteiger partial charge in [0.25, 0.3) is 5.91 Å². The summed E-state index contributed by atoms with van der Waals surface area (Å²) in [6.45, 7) is 2.22. The Morgan fingerprint density at radius 2 is 1.72 bits per heavy atom. The highest BCUT2D eigenvalue weighted by Crippen LogP contribution is 2.27. The fourth-order valence-corrected chi connectivity index (χ4v) is 3.18. The summed E-state index contributed by atoms with van der Waals surface area (Å²) in [5, 5.41) is 0. The predicted octanol–water partition coefficient (Wildman–Crippen LogP) is 2.83. The Labute approximate surface area is 148 Å². The average molecular weight is 340 g/mol. The van der Waals surface area contributed by atoms with E-state index < -0.39 is 0 Å². The normalized spacial score (nSPS) is 18.0.